The first-order chi connectivity index (χ1) is 12.8. The molecule has 1 saturated carbocycles. The smallest absolute Gasteiger partial charge is 0.191 e. The predicted octanol–water partition coefficient (Wildman–Crippen LogP) is 2.39. The molecule has 1 aliphatic heterocycles. The van der Waals surface area contributed by atoms with Gasteiger partial charge in [-0.15, -0.1) is 0 Å². The van der Waals surface area contributed by atoms with Gasteiger partial charge in [-0.25, -0.2) is 0 Å². The zero-order valence-electron chi connectivity index (χ0n) is 17.0. The molecule has 0 bridgehead atoms. The summed E-state index contributed by atoms with van der Waals surface area (Å²) in [6.45, 7) is 8.60. The molecule has 0 spiro atoms. The molecule has 0 atom stereocenters. The molecule has 152 valence electrons. The van der Waals surface area contributed by atoms with Gasteiger partial charge in [0.15, 0.2) is 5.96 Å². The van der Waals surface area contributed by atoms with Crippen LogP contribution in [0.4, 0.5) is 0 Å². The Bertz CT molecular complexity index is 376. The molecule has 0 aromatic carbocycles. The molecule has 0 unspecified atom stereocenters. The van der Waals surface area contributed by atoms with Crippen LogP contribution in [0.25, 0.3) is 0 Å². The molecule has 1 saturated heterocycles. The number of likely N-dealkylation sites (tertiary alicyclic amines) is 1. The van der Waals surface area contributed by atoms with Crippen LogP contribution in [0.15, 0.2) is 4.99 Å². The van der Waals surface area contributed by atoms with Crippen LogP contribution in [0.2, 0.25) is 0 Å². The van der Waals surface area contributed by atoms with Gasteiger partial charge in [-0.1, -0.05) is 25.7 Å². The van der Waals surface area contributed by atoms with Gasteiger partial charge in [0.05, 0.1) is 25.9 Å². The van der Waals surface area contributed by atoms with E-state index in [-0.39, 0.29) is 0 Å². The number of rotatable bonds is 9. The van der Waals surface area contributed by atoms with Crippen molar-refractivity contribution in [2.75, 3.05) is 53.0 Å². The van der Waals surface area contributed by atoms with Crippen molar-refractivity contribution in [3.8, 4) is 0 Å². The molecule has 0 radical (unpaired) electrons. The molecule has 0 aromatic heterocycles. The molecule has 6 nitrogen and oxygen atoms in total. The monoisotopic (exact) mass is 368 g/mol. The highest BCUT2D eigenvalue weighted by Crippen LogP contribution is 2.19. The van der Waals surface area contributed by atoms with E-state index < -0.39 is 0 Å². The van der Waals surface area contributed by atoms with Crippen LogP contribution in [0.5, 0.6) is 0 Å². The molecule has 26 heavy (non-hydrogen) atoms. The van der Waals surface area contributed by atoms with Crippen LogP contribution in [-0.2, 0) is 9.47 Å². The first-order valence-corrected chi connectivity index (χ1v) is 10.7. The maximum Gasteiger partial charge on any atom is 0.191 e. The van der Waals surface area contributed by atoms with E-state index in [1.165, 1.54) is 38.5 Å². The van der Waals surface area contributed by atoms with Gasteiger partial charge in [-0.3, -0.25) is 4.99 Å². The summed E-state index contributed by atoms with van der Waals surface area (Å²) in [4.78, 5) is 7.20. The van der Waals surface area contributed by atoms with Crippen molar-refractivity contribution in [3.63, 3.8) is 0 Å². The average molecular weight is 369 g/mol. The Hall–Kier alpha value is -0.850. The predicted molar refractivity (Wildman–Crippen MR) is 108 cm³/mol. The molecular weight excluding hydrogens is 328 g/mol. The van der Waals surface area contributed by atoms with Gasteiger partial charge in [-0.2, -0.15) is 0 Å². The number of aliphatic imine (C=N–C) groups is 1. The Labute approximate surface area is 160 Å². The third kappa shape index (κ3) is 8.69. The third-order valence-electron chi connectivity index (χ3n) is 5.40. The minimum absolute atomic E-state index is 0.458. The van der Waals surface area contributed by atoms with Crippen molar-refractivity contribution in [3.05, 3.63) is 0 Å². The van der Waals surface area contributed by atoms with E-state index in [2.05, 4.69) is 22.5 Å². The van der Waals surface area contributed by atoms with E-state index in [1.807, 2.05) is 0 Å². The van der Waals surface area contributed by atoms with Gasteiger partial charge >= 0.3 is 0 Å². The van der Waals surface area contributed by atoms with Crippen LogP contribution >= 0.6 is 0 Å². The Balaban J connectivity index is 1.66. The summed E-state index contributed by atoms with van der Waals surface area (Å²) in [5, 5.41) is 6.98. The van der Waals surface area contributed by atoms with Crippen molar-refractivity contribution in [1.82, 2.24) is 15.5 Å². The maximum atomic E-state index is 6.05. The minimum atomic E-state index is 0.458. The van der Waals surface area contributed by atoms with Crippen molar-refractivity contribution in [2.24, 2.45) is 4.99 Å². The number of methoxy groups -OCH3 is 1. The quantitative estimate of drug-likeness (QED) is 0.283. The van der Waals surface area contributed by atoms with Crippen LogP contribution in [0.1, 0.15) is 58.3 Å². The van der Waals surface area contributed by atoms with E-state index in [1.54, 1.807) is 7.11 Å². The molecule has 1 aliphatic carbocycles. The number of nitrogens with one attached hydrogen (secondary N) is 2. The fraction of sp³-hybridized carbons (Fsp3) is 0.950. The highest BCUT2D eigenvalue weighted by molar-refractivity contribution is 5.80. The standard InChI is InChI=1S/C20H40N4O2/c1-3-21-20(22-12-16-26-19-8-6-4-5-7-9-19)23-18-10-13-24(14-11-18)15-17-25-2/h18-19H,3-17H2,1-2H3,(H2,21,22,23). The highest BCUT2D eigenvalue weighted by atomic mass is 16.5. The number of hydrogen-bond donors (Lipinski definition) is 2. The Kier molecular flexibility index (Phi) is 11.0. The lowest BCUT2D eigenvalue weighted by Crippen LogP contribution is -2.49. The summed E-state index contributed by atoms with van der Waals surface area (Å²) >= 11 is 0. The minimum Gasteiger partial charge on any atom is -0.383 e. The molecule has 2 aliphatic rings. The van der Waals surface area contributed by atoms with Gasteiger partial charge in [0.2, 0.25) is 0 Å². The average Bonchev–Trinajstić information content (AvgIpc) is 2.93. The number of guanidine groups is 1. The number of nitrogens with zero attached hydrogens (tertiary/aromatic N) is 2. The number of piperidine rings is 1. The first kappa shape index (κ1) is 21.5. The van der Waals surface area contributed by atoms with E-state index >= 15 is 0 Å². The summed E-state index contributed by atoms with van der Waals surface area (Å²) in [6, 6.07) is 0.509. The van der Waals surface area contributed by atoms with Crippen molar-refractivity contribution < 1.29 is 9.47 Å². The lowest BCUT2D eigenvalue weighted by atomic mass is 10.1. The Morgan fingerprint density at radius 1 is 1.04 bits per heavy atom. The Morgan fingerprint density at radius 2 is 1.77 bits per heavy atom. The molecule has 2 fully saturated rings. The van der Waals surface area contributed by atoms with Crippen LogP contribution < -0.4 is 10.6 Å². The molecular formula is C20H40N4O2. The zero-order valence-corrected chi connectivity index (χ0v) is 17.0. The molecule has 6 heteroatoms. The summed E-state index contributed by atoms with van der Waals surface area (Å²) in [7, 11) is 1.77. The van der Waals surface area contributed by atoms with Gasteiger partial charge < -0.3 is 25.0 Å². The lowest BCUT2D eigenvalue weighted by Gasteiger charge is -2.32. The van der Waals surface area contributed by atoms with E-state index in [0.29, 0.717) is 12.1 Å². The van der Waals surface area contributed by atoms with Crippen molar-refractivity contribution in [2.45, 2.75) is 70.4 Å². The fourth-order valence-electron chi connectivity index (χ4n) is 3.82. The maximum absolute atomic E-state index is 6.05. The molecule has 0 aromatic rings. The van der Waals surface area contributed by atoms with Gasteiger partial charge in [0.1, 0.15) is 0 Å². The summed E-state index contributed by atoms with van der Waals surface area (Å²) in [6.07, 6.45) is 10.6. The normalized spacial score (nSPS) is 21.5. The SMILES string of the molecule is CCNC(=NCCOC1CCCCCC1)NC1CCN(CCOC)CC1. The van der Waals surface area contributed by atoms with Crippen LogP contribution in [0.3, 0.4) is 0 Å². The second-order valence-electron chi connectivity index (χ2n) is 7.50. The second-order valence-corrected chi connectivity index (χ2v) is 7.50. The Morgan fingerprint density at radius 3 is 2.42 bits per heavy atom. The lowest BCUT2D eigenvalue weighted by molar-refractivity contribution is 0.0487. The summed E-state index contributed by atoms with van der Waals surface area (Å²) in [5.41, 5.74) is 0. The van der Waals surface area contributed by atoms with E-state index in [4.69, 9.17) is 14.5 Å². The zero-order chi connectivity index (χ0) is 18.5. The topological polar surface area (TPSA) is 58.1 Å². The number of ether oxygens (including phenoxy) is 2. The van der Waals surface area contributed by atoms with Gasteiger partial charge in [0.25, 0.3) is 0 Å². The molecule has 0 amide bonds. The highest BCUT2D eigenvalue weighted by Gasteiger charge is 2.19. The summed E-state index contributed by atoms with van der Waals surface area (Å²) in [5.74, 6) is 0.937. The molecule has 2 N–H and O–H groups in total. The van der Waals surface area contributed by atoms with Gasteiger partial charge in [0, 0.05) is 39.3 Å². The van der Waals surface area contributed by atoms with Gasteiger partial charge in [-0.05, 0) is 32.6 Å². The van der Waals surface area contributed by atoms with Crippen molar-refractivity contribution in [1.29, 1.82) is 0 Å². The first-order valence-electron chi connectivity index (χ1n) is 10.7. The van der Waals surface area contributed by atoms with E-state index in [0.717, 1.165) is 64.7 Å². The second kappa shape index (κ2) is 13.3. The fourth-order valence-corrected chi connectivity index (χ4v) is 3.82. The molecule has 1 heterocycles. The number of hydrogen-bond acceptors (Lipinski definition) is 4. The summed E-state index contributed by atoms with van der Waals surface area (Å²) < 4.78 is 11.2. The van der Waals surface area contributed by atoms with E-state index in [9.17, 15) is 0 Å². The van der Waals surface area contributed by atoms with Crippen molar-refractivity contribution >= 4 is 5.96 Å². The van der Waals surface area contributed by atoms with Crippen LogP contribution in [0, 0.1) is 0 Å². The van der Waals surface area contributed by atoms with Crippen LogP contribution in [-0.4, -0.2) is 76.1 Å². The third-order valence-corrected chi connectivity index (χ3v) is 5.40. The largest absolute Gasteiger partial charge is 0.383 e. The molecule has 2 rings (SSSR count).